The number of nitrogens with zero attached hydrogens (tertiary/aromatic N) is 2. The molecule has 2 unspecified atom stereocenters. The third-order valence-electron chi connectivity index (χ3n) is 13.3. The molecule has 0 N–H and O–H groups in total. The second-order valence-corrected chi connectivity index (χ2v) is 18.8. The van der Waals surface area contributed by atoms with Crippen LogP contribution in [0.4, 0.5) is 11.4 Å². The average Bonchev–Trinajstić information content (AvgIpc) is 3.40. The van der Waals surface area contributed by atoms with Crippen LogP contribution in [0.2, 0.25) is 0 Å². The summed E-state index contributed by atoms with van der Waals surface area (Å²) in [6.45, 7) is 23.3. The van der Waals surface area contributed by atoms with Gasteiger partial charge < -0.3 is 57.2 Å². The van der Waals surface area contributed by atoms with Gasteiger partial charge in [0.2, 0.25) is 0 Å². The van der Waals surface area contributed by atoms with E-state index in [1.54, 1.807) is 0 Å². The van der Waals surface area contributed by atoms with E-state index in [0.717, 1.165) is 110 Å². The highest BCUT2D eigenvalue weighted by Crippen LogP contribution is 2.34. The molecule has 0 amide bonds. The Balaban J connectivity index is 1.38. The van der Waals surface area contributed by atoms with Crippen molar-refractivity contribution in [1.82, 2.24) is 0 Å². The molecule has 5 rings (SSSR count). The minimum atomic E-state index is 0.488. The van der Waals surface area contributed by atoms with E-state index in [1.165, 1.54) is 25.7 Å². The molecule has 12 heteroatoms. The molecule has 2 atom stereocenters. The maximum Gasteiger partial charge on any atom is 0.127 e. The summed E-state index contributed by atoms with van der Waals surface area (Å²) in [6, 6.07) is 22.0. The number of unbranched alkanes of at least 4 members (excludes halogenated alkanes) is 2. The van der Waals surface area contributed by atoms with Crippen molar-refractivity contribution in [3.05, 3.63) is 82.9 Å². The summed E-state index contributed by atoms with van der Waals surface area (Å²) < 4.78 is 59.8. The highest BCUT2D eigenvalue weighted by Gasteiger charge is 2.16. The zero-order chi connectivity index (χ0) is 50.5. The second kappa shape index (κ2) is 37.7. The molecule has 402 valence electrons. The molecule has 72 heavy (non-hydrogen) atoms. The third-order valence-corrected chi connectivity index (χ3v) is 13.3. The maximum atomic E-state index is 6.84. The molecule has 3 aromatic rings. The summed E-state index contributed by atoms with van der Waals surface area (Å²) in [5.74, 6) is 2.71. The molecule has 2 aliphatic heterocycles. The van der Waals surface area contributed by atoms with Crippen molar-refractivity contribution in [2.75, 3.05) is 155 Å². The van der Waals surface area contributed by atoms with Crippen LogP contribution in [0.25, 0.3) is 24.3 Å². The van der Waals surface area contributed by atoms with Gasteiger partial charge in [-0.05, 0) is 85.0 Å². The molecule has 0 spiro atoms. The third kappa shape index (κ3) is 23.9. The van der Waals surface area contributed by atoms with Crippen LogP contribution < -0.4 is 19.3 Å². The molecule has 2 saturated heterocycles. The van der Waals surface area contributed by atoms with Crippen molar-refractivity contribution in [2.45, 2.75) is 91.9 Å². The van der Waals surface area contributed by atoms with Crippen molar-refractivity contribution in [3.8, 4) is 11.5 Å². The van der Waals surface area contributed by atoms with Crippen LogP contribution in [0.1, 0.15) is 114 Å². The lowest BCUT2D eigenvalue weighted by Gasteiger charge is -2.25. The van der Waals surface area contributed by atoms with Crippen LogP contribution in [0.5, 0.6) is 11.5 Å². The van der Waals surface area contributed by atoms with Crippen molar-refractivity contribution in [1.29, 1.82) is 0 Å². The summed E-state index contributed by atoms with van der Waals surface area (Å²) in [5.41, 5.74) is 6.56. The highest BCUT2D eigenvalue weighted by atomic mass is 16.6. The molecule has 2 heterocycles. The van der Waals surface area contributed by atoms with Crippen molar-refractivity contribution >= 4 is 35.7 Å². The van der Waals surface area contributed by atoms with Gasteiger partial charge in [0.25, 0.3) is 0 Å². The van der Waals surface area contributed by atoms with Crippen LogP contribution in [-0.2, 0) is 37.9 Å². The normalized spacial score (nSPS) is 18.6. The number of hydrogen-bond donors (Lipinski definition) is 0. The molecule has 2 aliphatic rings. The minimum absolute atomic E-state index is 0.488. The first-order valence-corrected chi connectivity index (χ1v) is 27.7. The molecule has 0 aromatic heterocycles. The number of ether oxygens (including phenoxy) is 10. The topological polar surface area (TPSA) is 98.8 Å². The lowest BCUT2D eigenvalue weighted by atomic mass is 10.00. The fraction of sp³-hybridized carbons (Fsp3) is 0.633. The van der Waals surface area contributed by atoms with Gasteiger partial charge >= 0.3 is 0 Å². The van der Waals surface area contributed by atoms with E-state index in [-0.39, 0.29) is 0 Å². The number of hydrogen-bond acceptors (Lipinski definition) is 12. The fourth-order valence-corrected chi connectivity index (χ4v) is 8.61. The molecule has 0 aliphatic carbocycles. The van der Waals surface area contributed by atoms with Crippen LogP contribution in [0.3, 0.4) is 0 Å². The average molecular weight is 1000 g/mol. The van der Waals surface area contributed by atoms with E-state index in [4.69, 9.17) is 47.4 Å². The van der Waals surface area contributed by atoms with Crippen molar-refractivity contribution in [3.63, 3.8) is 0 Å². The first kappa shape index (κ1) is 58.9. The molecular formula is C60H92N2O10. The Morgan fingerprint density at radius 1 is 0.417 bits per heavy atom. The monoisotopic (exact) mass is 1000 g/mol. The van der Waals surface area contributed by atoms with Gasteiger partial charge in [0.15, 0.2) is 0 Å². The molecular weight excluding hydrogens is 909 g/mol. The van der Waals surface area contributed by atoms with E-state index >= 15 is 0 Å². The largest absolute Gasteiger partial charge is 0.493 e. The van der Waals surface area contributed by atoms with Gasteiger partial charge in [0.05, 0.1) is 106 Å². The predicted octanol–water partition coefficient (Wildman–Crippen LogP) is 11.8. The van der Waals surface area contributed by atoms with Gasteiger partial charge in [-0.15, -0.1) is 0 Å². The summed E-state index contributed by atoms with van der Waals surface area (Å²) in [5, 5.41) is 0. The van der Waals surface area contributed by atoms with Gasteiger partial charge in [-0.1, -0.05) is 115 Å². The zero-order valence-electron chi connectivity index (χ0n) is 44.8. The minimum Gasteiger partial charge on any atom is -0.493 e. The standard InChI is InChI=1S/C60H92N2O10/c1-5-9-13-51(7-3)49-71-59-47-56(22-16-54-19-25-58(26-20-54)62-28-12-32-64-36-40-68-44-46-70-42-38-66-34-30-62)60(72-50-52(8-4)14-10-6-2)48-55(59)21-15-53-17-23-57(24-18-53)61-27-11-31-63-35-39-67-43-45-69-41-37-65-33-29-61/h15-26,47-48,51-52H,5-14,27-46,49-50H2,1-4H3/b21-15+,22-16+. The summed E-state index contributed by atoms with van der Waals surface area (Å²) in [7, 11) is 0. The quantitative estimate of drug-likeness (QED) is 0.101. The van der Waals surface area contributed by atoms with E-state index in [2.05, 4.69) is 122 Å². The Labute approximate surface area is 434 Å². The van der Waals surface area contributed by atoms with Gasteiger partial charge in [0, 0.05) is 61.9 Å². The lowest BCUT2D eigenvalue weighted by Crippen LogP contribution is -2.30. The Morgan fingerprint density at radius 3 is 1.08 bits per heavy atom. The first-order chi connectivity index (χ1) is 35.6. The SMILES string of the molecule is CCCCC(CC)COc1cc(/C=C/c2ccc(N3CCCOCCOCCOCCOCC3)cc2)c(OCC(CC)CCCC)cc1/C=C/c1ccc(N2CCCOCCOCCOCCOCC2)cc1. The van der Waals surface area contributed by atoms with Crippen LogP contribution in [0, 0.1) is 11.8 Å². The molecule has 0 saturated carbocycles. The lowest BCUT2D eigenvalue weighted by molar-refractivity contribution is -0.00240. The molecule has 12 nitrogen and oxygen atoms in total. The van der Waals surface area contributed by atoms with Crippen LogP contribution in [0.15, 0.2) is 60.7 Å². The van der Waals surface area contributed by atoms with Crippen molar-refractivity contribution < 1.29 is 47.4 Å². The predicted molar refractivity (Wildman–Crippen MR) is 295 cm³/mol. The summed E-state index contributed by atoms with van der Waals surface area (Å²) in [6.07, 6.45) is 19.9. The molecule has 0 radical (unpaired) electrons. The van der Waals surface area contributed by atoms with Gasteiger partial charge in [-0.2, -0.15) is 0 Å². The van der Waals surface area contributed by atoms with Crippen LogP contribution in [-0.4, -0.2) is 145 Å². The van der Waals surface area contributed by atoms with E-state index < -0.39 is 0 Å². The van der Waals surface area contributed by atoms with E-state index in [0.29, 0.717) is 131 Å². The van der Waals surface area contributed by atoms with Crippen LogP contribution >= 0.6 is 0 Å². The van der Waals surface area contributed by atoms with E-state index in [9.17, 15) is 0 Å². The molecule has 2 fully saturated rings. The Kier molecular flexibility index (Phi) is 30.8. The molecule has 3 aromatic carbocycles. The number of rotatable bonds is 20. The fourth-order valence-electron chi connectivity index (χ4n) is 8.61. The highest BCUT2D eigenvalue weighted by molar-refractivity contribution is 5.79. The van der Waals surface area contributed by atoms with Gasteiger partial charge in [-0.25, -0.2) is 0 Å². The zero-order valence-corrected chi connectivity index (χ0v) is 44.8. The number of benzene rings is 3. The smallest absolute Gasteiger partial charge is 0.127 e. The maximum absolute atomic E-state index is 6.84. The Bertz CT molecular complexity index is 1710. The van der Waals surface area contributed by atoms with Gasteiger partial charge in [0.1, 0.15) is 11.5 Å². The van der Waals surface area contributed by atoms with E-state index in [1.807, 2.05) is 0 Å². The Morgan fingerprint density at radius 2 is 0.750 bits per heavy atom. The van der Waals surface area contributed by atoms with Gasteiger partial charge in [-0.3, -0.25) is 0 Å². The second-order valence-electron chi connectivity index (χ2n) is 18.8. The first-order valence-electron chi connectivity index (χ1n) is 27.7. The Hall–Kier alpha value is -3.98. The summed E-state index contributed by atoms with van der Waals surface area (Å²) in [4.78, 5) is 4.76. The number of anilines is 2. The molecule has 0 bridgehead atoms. The van der Waals surface area contributed by atoms with Crippen molar-refractivity contribution in [2.24, 2.45) is 11.8 Å². The summed E-state index contributed by atoms with van der Waals surface area (Å²) >= 11 is 0.